The molecule has 8 heteroatoms. The molecule has 3 aromatic carbocycles. The van der Waals surface area contributed by atoms with E-state index in [1.165, 1.54) is 10.5 Å². The van der Waals surface area contributed by atoms with Crippen molar-refractivity contribution in [2.24, 2.45) is 5.92 Å². The van der Waals surface area contributed by atoms with Crippen LogP contribution in [0.1, 0.15) is 58.1 Å². The fourth-order valence-corrected chi connectivity index (χ4v) is 5.92. The maximum absolute atomic E-state index is 14.2. The summed E-state index contributed by atoms with van der Waals surface area (Å²) >= 11 is 0. The van der Waals surface area contributed by atoms with Crippen LogP contribution in [0.3, 0.4) is 0 Å². The molecule has 0 aromatic heterocycles. The van der Waals surface area contributed by atoms with Crippen LogP contribution in [0.15, 0.2) is 114 Å². The zero-order valence-corrected chi connectivity index (χ0v) is 28.4. The van der Waals surface area contributed by atoms with Crippen LogP contribution in [0.5, 0.6) is 0 Å². The number of nitrogens with zero attached hydrogens (tertiary/aromatic N) is 3. The molecule has 0 fully saturated rings. The third-order valence-corrected chi connectivity index (χ3v) is 8.70. The van der Waals surface area contributed by atoms with Gasteiger partial charge in [0.2, 0.25) is 12.3 Å². The Morgan fingerprint density at radius 1 is 0.958 bits per heavy atom. The van der Waals surface area contributed by atoms with Gasteiger partial charge in [0.25, 0.3) is 5.91 Å². The molecule has 0 radical (unpaired) electrons. The topological polar surface area (TPSA) is 101 Å². The van der Waals surface area contributed by atoms with Gasteiger partial charge >= 0.3 is 0 Å². The molecule has 0 saturated carbocycles. The number of aliphatic hydroxyl groups excluding tert-OH is 1. The van der Waals surface area contributed by atoms with Gasteiger partial charge in [-0.25, -0.2) is 0 Å². The van der Waals surface area contributed by atoms with Crippen LogP contribution in [0.25, 0.3) is 0 Å². The van der Waals surface area contributed by atoms with E-state index >= 15 is 0 Å². The van der Waals surface area contributed by atoms with Gasteiger partial charge in [-0.3, -0.25) is 19.3 Å². The van der Waals surface area contributed by atoms with Crippen molar-refractivity contribution in [1.82, 2.24) is 4.90 Å². The van der Waals surface area contributed by atoms with Crippen LogP contribution in [0.2, 0.25) is 0 Å². The molecular weight excluding hydrogens is 602 g/mol. The fraction of sp³-hybridized carbons (Fsp3) is 0.325. The Balaban J connectivity index is 1.62. The molecule has 0 aliphatic carbocycles. The van der Waals surface area contributed by atoms with Crippen molar-refractivity contribution in [3.63, 3.8) is 0 Å². The van der Waals surface area contributed by atoms with E-state index in [0.717, 1.165) is 24.0 Å². The van der Waals surface area contributed by atoms with E-state index in [1.807, 2.05) is 73.7 Å². The van der Waals surface area contributed by atoms with Crippen LogP contribution in [-0.2, 0) is 26.5 Å². The largest absolute Gasteiger partial charge is 0.395 e. The van der Waals surface area contributed by atoms with Crippen LogP contribution in [0, 0.1) is 5.92 Å². The van der Waals surface area contributed by atoms with Crippen molar-refractivity contribution in [2.75, 3.05) is 29.5 Å². The predicted octanol–water partition coefficient (Wildman–Crippen LogP) is 6.81. The van der Waals surface area contributed by atoms with E-state index < -0.39 is 17.4 Å². The molecule has 1 heterocycles. The third-order valence-electron chi connectivity index (χ3n) is 8.70. The van der Waals surface area contributed by atoms with E-state index in [9.17, 15) is 24.6 Å². The Bertz CT molecular complexity index is 1650. The van der Waals surface area contributed by atoms with Gasteiger partial charge in [-0.05, 0) is 69.5 Å². The Morgan fingerprint density at radius 3 is 2.29 bits per heavy atom. The summed E-state index contributed by atoms with van der Waals surface area (Å²) in [5.41, 5.74) is 3.56. The van der Waals surface area contributed by atoms with E-state index in [-0.39, 0.29) is 32.0 Å². The molecule has 2 N–H and O–H groups in total. The van der Waals surface area contributed by atoms with Gasteiger partial charge in [-0.15, -0.1) is 0 Å². The maximum atomic E-state index is 14.2. The molecule has 4 rings (SSSR count). The molecular formula is C40H47N3O5. The first-order valence-electron chi connectivity index (χ1n) is 16.5. The summed E-state index contributed by atoms with van der Waals surface area (Å²) in [4.78, 5) is 44.3. The lowest BCUT2D eigenvalue weighted by Gasteiger charge is -2.28. The molecule has 0 spiro atoms. The number of carbonyl (C=O) groups is 3. The number of benzene rings is 3. The molecule has 3 amide bonds. The van der Waals surface area contributed by atoms with Crippen molar-refractivity contribution < 1.29 is 24.6 Å². The van der Waals surface area contributed by atoms with E-state index in [2.05, 4.69) is 19.9 Å². The lowest BCUT2D eigenvalue weighted by Crippen LogP contribution is -2.44. The second-order valence-corrected chi connectivity index (χ2v) is 12.5. The summed E-state index contributed by atoms with van der Waals surface area (Å²) in [6, 6.07) is 24.0. The molecule has 2 atom stereocenters. The number of carbonyl (C=O) groups excluding carboxylic acids is 3. The van der Waals surface area contributed by atoms with Crippen LogP contribution < -0.4 is 9.80 Å². The van der Waals surface area contributed by atoms with Crippen molar-refractivity contribution in [1.29, 1.82) is 0 Å². The molecule has 3 aromatic rings. The van der Waals surface area contributed by atoms with Crippen LogP contribution >= 0.6 is 0 Å². The summed E-state index contributed by atoms with van der Waals surface area (Å²) in [5, 5.41) is 21.9. The second-order valence-electron chi connectivity index (χ2n) is 12.5. The Labute approximate surface area is 284 Å². The molecule has 8 nitrogen and oxygen atoms in total. The number of hydrogen-bond acceptors (Lipinski definition) is 5. The standard InChI is InChI=1S/C40H47N3O5/c1-30(2)13-11-14-31(3)23-24-42-37-22-21-35(43(29-45)34-18-9-6-10-19-34)27-36(37)40(48,39(42)47)32(4)15-12-20-38(46)41(25-26-44)28-33-16-7-5-8-17-33/h5-10,12-13,15-19,21-23,27,29,32,44,48H,11,14,20,24-26,28H2,1-4H3/b15-12+,31-23+/t32-,40+/m1/s1. The minimum absolute atomic E-state index is 0.0403. The number of para-hydroxylation sites is 1. The van der Waals surface area contributed by atoms with Crippen molar-refractivity contribution in [3.05, 3.63) is 125 Å². The fourth-order valence-electron chi connectivity index (χ4n) is 5.92. The second kappa shape index (κ2) is 16.9. The molecule has 0 bridgehead atoms. The Morgan fingerprint density at radius 2 is 1.65 bits per heavy atom. The number of anilines is 3. The Kier molecular flexibility index (Phi) is 12.7. The van der Waals surface area contributed by atoms with Gasteiger partial charge < -0.3 is 20.0 Å². The van der Waals surface area contributed by atoms with Crippen LogP contribution in [0.4, 0.5) is 17.1 Å². The first-order chi connectivity index (χ1) is 23.1. The van der Waals surface area contributed by atoms with Gasteiger partial charge in [-0.2, -0.15) is 0 Å². The zero-order chi connectivity index (χ0) is 34.7. The first-order valence-corrected chi connectivity index (χ1v) is 16.5. The average molecular weight is 650 g/mol. The molecule has 0 unspecified atom stereocenters. The lowest BCUT2D eigenvalue weighted by atomic mass is 9.82. The molecule has 1 aliphatic heterocycles. The SMILES string of the molecule is CC(C)=CCC/C(C)=C/CN1C(=O)[C@](O)([C@H](C)/C=C/CC(=O)N(CCO)Cc2ccccc2)c2cc(N(C=O)c3ccccc3)ccc21. The van der Waals surface area contributed by atoms with Gasteiger partial charge in [-0.1, -0.05) is 90.9 Å². The number of rotatable bonds is 16. The van der Waals surface area contributed by atoms with Gasteiger partial charge in [0.15, 0.2) is 5.60 Å². The van der Waals surface area contributed by atoms with Crippen LogP contribution in [-0.4, -0.2) is 53.0 Å². The van der Waals surface area contributed by atoms with Gasteiger partial charge in [0.1, 0.15) is 0 Å². The lowest BCUT2D eigenvalue weighted by molar-refractivity contribution is -0.139. The summed E-state index contributed by atoms with van der Waals surface area (Å²) in [5.74, 6) is -1.35. The monoisotopic (exact) mass is 649 g/mol. The number of allylic oxidation sites excluding steroid dienone is 3. The van der Waals surface area contributed by atoms with E-state index in [4.69, 9.17) is 0 Å². The molecule has 1 aliphatic rings. The summed E-state index contributed by atoms with van der Waals surface area (Å²) < 4.78 is 0. The van der Waals surface area contributed by atoms with Crippen molar-refractivity contribution >= 4 is 35.3 Å². The molecule has 252 valence electrons. The van der Waals surface area contributed by atoms with Gasteiger partial charge in [0, 0.05) is 48.9 Å². The number of hydrogen-bond donors (Lipinski definition) is 2. The normalized spacial score (nSPS) is 16.5. The number of amides is 3. The smallest absolute Gasteiger partial charge is 0.264 e. The van der Waals surface area contributed by atoms with Crippen molar-refractivity contribution in [2.45, 2.75) is 59.1 Å². The summed E-state index contributed by atoms with van der Waals surface area (Å²) in [7, 11) is 0. The molecule has 0 saturated heterocycles. The summed E-state index contributed by atoms with van der Waals surface area (Å²) in [6.45, 7) is 8.62. The molecule has 48 heavy (non-hydrogen) atoms. The average Bonchev–Trinajstić information content (AvgIpc) is 3.30. The minimum atomic E-state index is -1.94. The van der Waals surface area contributed by atoms with Gasteiger partial charge in [0.05, 0.1) is 12.3 Å². The Hall–Kier alpha value is -4.79. The quantitative estimate of drug-likeness (QED) is 0.131. The van der Waals surface area contributed by atoms with E-state index in [1.54, 1.807) is 47.1 Å². The van der Waals surface area contributed by atoms with E-state index in [0.29, 0.717) is 35.6 Å². The predicted molar refractivity (Wildman–Crippen MR) is 192 cm³/mol. The third kappa shape index (κ3) is 8.56. The van der Waals surface area contributed by atoms with Crippen molar-refractivity contribution in [3.8, 4) is 0 Å². The maximum Gasteiger partial charge on any atom is 0.264 e. The highest BCUT2D eigenvalue weighted by molar-refractivity contribution is 6.08. The zero-order valence-electron chi connectivity index (χ0n) is 28.4. The number of aliphatic hydroxyl groups is 2. The first kappa shape index (κ1) is 36.1. The summed E-state index contributed by atoms with van der Waals surface area (Å²) in [6.07, 6.45) is 10.1. The highest BCUT2D eigenvalue weighted by Gasteiger charge is 2.52. The highest BCUT2D eigenvalue weighted by atomic mass is 16.3. The highest BCUT2D eigenvalue weighted by Crippen LogP contribution is 2.47. The number of fused-ring (bicyclic) bond motifs is 1. The minimum Gasteiger partial charge on any atom is -0.395 e.